The number of benzene rings is 1. The molecule has 0 unspecified atom stereocenters. The molecule has 20 heavy (non-hydrogen) atoms. The average Bonchev–Trinajstić information content (AvgIpc) is 3.09. The van der Waals surface area contributed by atoms with Gasteiger partial charge in [0.15, 0.2) is 5.82 Å². The molecule has 1 N–H and O–H groups in total. The summed E-state index contributed by atoms with van der Waals surface area (Å²) in [6.45, 7) is 2.74. The molecule has 0 amide bonds. The van der Waals surface area contributed by atoms with Gasteiger partial charge in [0.1, 0.15) is 12.7 Å². The number of nitrogens with one attached hydrogen (secondary N) is 1. The molecule has 0 saturated heterocycles. The van der Waals surface area contributed by atoms with Gasteiger partial charge in [-0.2, -0.15) is 10.2 Å². The number of para-hydroxylation sites is 1. The number of rotatable bonds is 4. The Labute approximate surface area is 117 Å². The topological polar surface area (TPSA) is 60.6 Å². The van der Waals surface area contributed by atoms with E-state index in [1.165, 1.54) is 6.33 Å². The minimum atomic E-state index is 0.730. The van der Waals surface area contributed by atoms with E-state index >= 15 is 0 Å². The van der Waals surface area contributed by atoms with Gasteiger partial charge < -0.3 is 5.32 Å². The summed E-state index contributed by atoms with van der Waals surface area (Å²) in [5.41, 5.74) is 3.10. The van der Waals surface area contributed by atoms with Crippen LogP contribution in [0.25, 0.3) is 11.5 Å². The minimum absolute atomic E-state index is 0.730. The fraction of sp³-hybridized carbons (Fsp3) is 0.214. The summed E-state index contributed by atoms with van der Waals surface area (Å²) >= 11 is 0. The third-order valence-electron chi connectivity index (χ3n) is 3.15. The molecule has 2 aromatic heterocycles. The standard InChI is InChI=1S/C14H16N6/c1-11-13(8-15-2)14(19-10-16-9-17-19)20(18-11)12-6-4-3-5-7-12/h3-7,9-10,15H,8H2,1-2H3. The highest BCUT2D eigenvalue weighted by Crippen LogP contribution is 2.21. The lowest BCUT2D eigenvalue weighted by atomic mass is 10.2. The van der Waals surface area contributed by atoms with E-state index < -0.39 is 0 Å². The van der Waals surface area contributed by atoms with Gasteiger partial charge in [-0.3, -0.25) is 0 Å². The predicted octanol–water partition coefficient (Wildman–Crippen LogP) is 1.48. The Balaban J connectivity index is 2.22. The zero-order valence-electron chi connectivity index (χ0n) is 11.5. The van der Waals surface area contributed by atoms with Crippen LogP contribution in [-0.2, 0) is 6.54 Å². The number of aromatic nitrogens is 5. The first-order valence-corrected chi connectivity index (χ1v) is 6.45. The molecule has 1 aromatic carbocycles. The van der Waals surface area contributed by atoms with Crippen molar-refractivity contribution in [2.75, 3.05) is 7.05 Å². The van der Waals surface area contributed by atoms with Crippen LogP contribution >= 0.6 is 0 Å². The third-order valence-corrected chi connectivity index (χ3v) is 3.15. The molecule has 0 spiro atoms. The van der Waals surface area contributed by atoms with E-state index in [2.05, 4.69) is 20.5 Å². The van der Waals surface area contributed by atoms with Gasteiger partial charge in [0, 0.05) is 12.1 Å². The Morgan fingerprint density at radius 3 is 2.65 bits per heavy atom. The van der Waals surface area contributed by atoms with Gasteiger partial charge in [0.05, 0.1) is 11.4 Å². The Bertz CT molecular complexity index is 684. The van der Waals surface area contributed by atoms with Crippen molar-refractivity contribution in [3.63, 3.8) is 0 Å². The SMILES string of the molecule is CNCc1c(C)nn(-c2ccccc2)c1-n1cncn1. The second-order valence-corrected chi connectivity index (χ2v) is 4.51. The Morgan fingerprint density at radius 2 is 2.00 bits per heavy atom. The fourth-order valence-electron chi connectivity index (χ4n) is 2.23. The molecule has 0 aliphatic rings. The van der Waals surface area contributed by atoms with E-state index in [0.29, 0.717) is 0 Å². The van der Waals surface area contributed by atoms with Crippen LogP contribution in [0.4, 0.5) is 0 Å². The van der Waals surface area contributed by atoms with Gasteiger partial charge >= 0.3 is 0 Å². The van der Waals surface area contributed by atoms with Crippen molar-refractivity contribution in [3.05, 3.63) is 54.2 Å². The zero-order valence-corrected chi connectivity index (χ0v) is 11.5. The first-order valence-electron chi connectivity index (χ1n) is 6.45. The monoisotopic (exact) mass is 268 g/mol. The van der Waals surface area contributed by atoms with E-state index in [1.807, 2.05) is 49.0 Å². The van der Waals surface area contributed by atoms with E-state index in [0.717, 1.165) is 29.3 Å². The normalized spacial score (nSPS) is 10.9. The smallest absolute Gasteiger partial charge is 0.163 e. The molecule has 102 valence electrons. The minimum Gasteiger partial charge on any atom is -0.315 e. The molecule has 0 fully saturated rings. The number of hydrogen-bond acceptors (Lipinski definition) is 4. The second kappa shape index (κ2) is 5.26. The highest BCUT2D eigenvalue weighted by Gasteiger charge is 2.17. The fourth-order valence-corrected chi connectivity index (χ4v) is 2.23. The summed E-state index contributed by atoms with van der Waals surface area (Å²) in [7, 11) is 1.92. The quantitative estimate of drug-likeness (QED) is 0.778. The van der Waals surface area contributed by atoms with E-state index in [9.17, 15) is 0 Å². The van der Waals surface area contributed by atoms with Crippen molar-refractivity contribution in [1.82, 2.24) is 29.9 Å². The van der Waals surface area contributed by atoms with Crippen molar-refractivity contribution in [1.29, 1.82) is 0 Å². The van der Waals surface area contributed by atoms with Gasteiger partial charge in [0.2, 0.25) is 0 Å². The van der Waals surface area contributed by atoms with Gasteiger partial charge in [-0.25, -0.2) is 14.3 Å². The van der Waals surface area contributed by atoms with Gasteiger partial charge in [-0.1, -0.05) is 18.2 Å². The molecule has 0 saturated carbocycles. The molecule has 0 aliphatic carbocycles. The molecule has 6 heteroatoms. The van der Waals surface area contributed by atoms with E-state index in [1.54, 1.807) is 11.0 Å². The maximum Gasteiger partial charge on any atom is 0.163 e. The molecule has 3 rings (SSSR count). The molecular weight excluding hydrogens is 252 g/mol. The number of hydrogen-bond donors (Lipinski definition) is 1. The summed E-state index contributed by atoms with van der Waals surface area (Å²) in [5, 5.41) is 12.1. The molecule has 0 bridgehead atoms. The lowest BCUT2D eigenvalue weighted by Crippen LogP contribution is -2.12. The highest BCUT2D eigenvalue weighted by molar-refractivity contribution is 5.45. The highest BCUT2D eigenvalue weighted by atomic mass is 15.4. The lowest BCUT2D eigenvalue weighted by Gasteiger charge is -2.09. The van der Waals surface area contributed by atoms with Crippen LogP contribution in [0.1, 0.15) is 11.3 Å². The van der Waals surface area contributed by atoms with Crippen molar-refractivity contribution < 1.29 is 0 Å². The van der Waals surface area contributed by atoms with Crippen LogP contribution in [0, 0.1) is 6.92 Å². The zero-order chi connectivity index (χ0) is 13.9. The van der Waals surface area contributed by atoms with Crippen LogP contribution in [0.15, 0.2) is 43.0 Å². The van der Waals surface area contributed by atoms with Crippen LogP contribution in [-0.4, -0.2) is 31.6 Å². The van der Waals surface area contributed by atoms with Crippen LogP contribution in [0.5, 0.6) is 0 Å². The van der Waals surface area contributed by atoms with Crippen LogP contribution in [0.2, 0.25) is 0 Å². The molecule has 2 heterocycles. The Kier molecular flexibility index (Phi) is 3.30. The Hall–Kier alpha value is -2.47. The van der Waals surface area contributed by atoms with Crippen LogP contribution < -0.4 is 5.32 Å². The summed E-state index contributed by atoms with van der Waals surface area (Å²) in [4.78, 5) is 4.03. The summed E-state index contributed by atoms with van der Waals surface area (Å²) in [5.74, 6) is 0.917. The molecule has 6 nitrogen and oxygen atoms in total. The largest absolute Gasteiger partial charge is 0.315 e. The van der Waals surface area contributed by atoms with Crippen molar-refractivity contribution >= 4 is 0 Å². The molecule has 0 aliphatic heterocycles. The summed E-state index contributed by atoms with van der Waals surface area (Å²) in [6, 6.07) is 10.0. The van der Waals surface area contributed by atoms with E-state index in [-0.39, 0.29) is 0 Å². The van der Waals surface area contributed by atoms with Crippen molar-refractivity contribution in [3.8, 4) is 11.5 Å². The van der Waals surface area contributed by atoms with Gasteiger partial charge in [-0.05, 0) is 26.1 Å². The third kappa shape index (κ3) is 2.10. The first kappa shape index (κ1) is 12.6. The maximum absolute atomic E-state index is 4.64. The second-order valence-electron chi connectivity index (χ2n) is 4.51. The van der Waals surface area contributed by atoms with Crippen molar-refractivity contribution in [2.24, 2.45) is 0 Å². The van der Waals surface area contributed by atoms with Gasteiger partial charge in [-0.15, -0.1) is 0 Å². The van der Waals surface area contributed by atoms with Crippen LogP contribution in [0.3, 0.4) is 0 Å². The maximum atomic E-state index is 4.64. The lowest BCUT2D eigenvalue weighted by molar-refractivity contribution is 0.743. The summed E-state index contributed by atoms with van der Waals surface area (Å²) in [6.07, 6.45) is 3.22. The summed E-state index contributed by atoms with van der Waals surface area (Å²) < 4.78 is 3.65. The molecule has 0 radical (unpaired) electrons. The molecule has 3 aromatic rings. The average molecular weight is 268 g/mol. The van der Waals surface area contributed by atoms with E-state index in [4.69, 9.17) is 0 Å². The predicted molar refractivity (Wildman–Crippen MR) is 76.0 cm³/mol. The molecule has 0 atom stereocenters. The first-order chi connectivity index (χ1) is 9.81. The molecular formula is C14H16N6. The van der Waals surface area contributed by atoms with Gasteiger partial charge in [0.25, 0.3) is 0 Å². The number of nitrogens with zero attached hydrogens (tertiary/aromatic N) is 5. The van der Waals surface area contributed by atoms with Crippen molar-refractivity contribution in [2.45, 2.75) is 13.5 Å². The Morgan fingerprint density at radius 1 is 1.20 bits per heavy atom. The number of aryl methyl sites for hydroxylation is 1.